The van der Waals surface area contributed by atoms with Gasteiger partial charge in [0.15, 0.2) is 0 Å². The molecule has 1 fully saturated rings. The number of piperidine rings is 1. The third-order valence-electron chi connectivity index (χ3n) is 5.58. The molecule has 2 aromatic carbocycles. The van der Waals surface area contributed by atoms with Crippen molar-refractivity contribution < 1.29 is 17.9 Å². The van der Waals surface area contributed by atoms with Gasteiger partial charge in [-0.3, -0.25) is 4.79 Å². The number of nitrogens with one attached hydrogen (secondary N) is 1. The molecule has 1 heterocycles. The Morgan fingerprint density at radius 1 is 1.07 bits per heavy atom. The summed E-state index contributed by atoms with van der Waals surface area (Å²) in [6.07, 6.45) is 3.03. The Morgan fingerprint density at radius 2 is 1.77 bits per heavy atom. The zero-order valence-electron chi connectivity index (χ0n) is 18.1. The van der Waals surface area contributed by atoms with Gasteiger partial charge in [0.25, 0.3) is 5.91 Å². The Bertz CT molecular complexity index is 1030. The maximum absolute atomic E-state index is 13.1. The Morgan fingerprint density at radius 3 is 2.40 bits per heavy atom. The highest BCUT2D eigenvalue weighted by Crippen LogP contribution is 2.27. The first kappa shape index (κ1) is 22.3. The van der Waals surface area contributed by atoms with Gasteiger partial charge in [-0.25, -0.2) is 13.1 Å². The largest absolute Gasteiger partial charge is 0.496 e. The number of carbonyl (C=O) groups is 1. The second kappa shape index (κ2) is 9.18. The molecule has 162 valence electrons. The Labute approximate surface area is 179 Å². The summed E-state index contributed by atoms with van der Waals surface area (Å²) in [5, 5.41) is 0. The molecule has 1 aliphatic heterocycles. The van der Waals surface area contributed by atoms with Crippen LogP contribution in [0.15, 0.2) is 41.3 Å². The zero-order chi connectivity index (χ0) is 21.9. The minimum absolute atomic E-state index is 0.0558. The van der Waals surface area contributed by atoms with Crippen molar-refractivity contribution in [3.8, 4) is 5.75 Å². The van der Waals surface area contributed by atoms with Crippen molar-refractivity contribution in [2.75, 3.05) is 20.2 Å². The van der Waals surface area contributed by atoms with E-state index in [2.05, 4.69) is 4.72 Å². The summed E-state index contributed by atoms with van der Waals surface area (Å²) < 4.78 is 34.2. The number of amides is 1. The summed E-state index contributed by atoms with van der Waals surface area (Å²) in [5.74, 6) is 0.193. The van der Waals surface area contributed by atoms with Crippen LogP contribution in [0.25, 0.3) is 0 Å². The lowest BCUT2D eigenvalue weighted by Gasteiger charge is -2.27. The fraction of sp³-hybridized carbons (Fsp3) is 0.435. The summed E-state index contributed by atoms with van der Waals surface area (Å²) in [5.41, 5.74) is 3.35. The Hall–Kier alpha value is -2.38. The van der Waals surface area contributed by atoms with E-state index in [1.807, 2.05) is 39.0 Å². The van der Waals surface area contributed by atoms with E-state index in [1.165, 1.54) is 19.2 Å². The van der Waals surface area contributed by atoms with Crippen LogP contribution in [-0.2, 0) is 10.0 Å². The van der Waals surface area contributed by atoms with Gasteiger partial charge in [0, 0.05) is 19.1 Å². The highest BCUT2D eigenvalue weighted by atomic mass is 32.2. The summed E-state index contributed by atoms with van der Waals surface area (Å²) in [6.45, 7) is 7.15. The average Bonchev–Trinajstić information content (AvgIpc) is 2.72. The highest BCUT2D eigenvalue weighted by molar-refractivity contribution is 7.89. The van der Waals surface area contributed by atoms with Crippen LogP contribution >= 0.6 is 0 Å². The smallest absolute Gasteiger partial charge is 0.257 e. The van der Waals surface area contributed by atoms with Crippen molar-refractivity contribution in [2.45, 2.75) is 51.0 Å². The molecule has 1 amide bonds. The molecule has 1 aliphatic rings. The van der Waals surface area contributed by atoms with Crippen LogP contribution in [0.4, 0.5) is 0 Å². The number of hydrogen-bond donors (Lipinski definition) is 1. The van der Waals surface area contributed by atoms with Crippen LogP contribution in [0.1, 0.15) is 59.3 Å². The summed E-state index contributed by atoms with van der Waals surface area (Å²) >= 11 is 0. The van der Waals surface area contributed by atoms with Gasteiger partial charge in [-0.2, -0.15) is 0 Å². The lowest BCUT2D eigenvalue weighted by atomic mass is 10.0. The number of likely N-dealkylation sites (tertiary alicyclic amines) is 1. The molecular formula is C23H30N2O4S. The maximum atomic E-state index is 13.1. The number of rotatable bonds is 6. The van der Waals surface area contributed by atoms with E-state index in [0.29, 0.717) is 18.8 Å². The van der Waals surface area contributed by atoms with E-state index in [-0.39, 0.29) is 16.4 Å². The second-order valence-corrected chi connectivity index (χ2v) is 9.63. The first-order valence-electron chi connectivity index (χ1n) is 10.3. The molecule has 0 bridgehead atoms. The molecule has 0 saturated carbocycles. The van der Waals surface area contributed by atoms with E-state index in [9.17, 15) is 13.2 Å². The zero-order valence-corrected chi connectivity index (χ0v) is 18.9. The van der Waals surface area contributed by atoms with Gasteiger partial charge < -0.3 is 9.64 Å². The molecule has 2 aromatic rings. The Balaban J connectivity index is 1.89. The normalized spacial score (nSPS) is 15.7. The number of hydrogen-bond acceptors (Lipinski definition) is 4. The molecule has 7 heteroatoms. The maximum Gasteiger partial charge on any atom is 0.257 e. The number of carbonyl (C=O) groups excluding carboxylic acids is 1. The van der Waals surface area contributed by atoms with Crippen molar-refractivity contribution in [2.24, 2.45) is 0 Å². The number of sulfonamides is 1. The number of methoxy groups -OCH3 is 1. The van der Waals surface area contributed by atoms with Gasteiger partial charge in [0.1, 0.15) is 5.75 Å². The number of ether oxygens (including phenoxy) is 1. The van der Waals surface area contributed by atoms with Crippen molar-refractivity contribution in [3.63, 3.8) is 0 Å². The van der Waals surface area contributed by atoms with Crippen molar-refractivity contribution >= 4 is 15.9 Å². The minimum Gasteiger partial charge on any atom is -0.496 e. The summed E-state index contributed by atoms with van der Waals surface area (Å²) in [7, 11) is -2.34. The molecule has 6 nitrogen and oxygen atoms in total. The van der Waals surface area contributed by atoms with E-state index >= 15 is 0 Å². The monoisotopic (exact) mass is 430 g/mol. The van der Waals surface area contributed by atoms with Gasteiger partial charge in [-0.05, 0) is 69.4 Å². The van der Waals surface area contributed by atoms with Crippen LogP contribution in [-0.4, -0.2) is 39.4 Å². The topological polar surface area (TPSA) is 75.7 Å². The van der Waals surface area contributed by atoms with Gasteiger partial charge in [-0.15, -0.1) is 0 Å². The van der Waals surface area contributed by atoms with E-state index in [1.54, 1.807) is 11.0 Å². The highest BCUT2D eigenvalue weighted by Gasteiger charge is 2.25. The molecule has 3 rings (SSSR count). The molecule has 0 radical (unpaired) electrons. The molecule has 1 atom stereocenters. The predicted molar refractivity (Wildman–Crippen MR) is 117 cm³/mol. The summed E-state index contributed by atoms with van der Waals surface area (Å²) in [4.78, 5) is 14.8. The first-order valence-corrected chi connectivity index (χ1v) is 11.8. The molecule has 30 heavy (non-hydrogen) atoms. The van der Waals surface area contributed by atoms with Gasteiger partial charge in [-0.1, -0.05) is 23.8 Å². The molecular weight excluding hydrogens is 400 g/mol. The fourth-order valence-electron chi connectivity index (χ4n) is 3.96. The van der Waals surface area contributed by atoms with Gasteiger partial charge in [0.2, 0.25) is 10.0 Å². The third-order valence-corrected chi connectivity index (χ3v) is 7.12. The standard InChI is InChI=1S/C23H30N2O4S/c1-16-8-10-20(17(2)14-16)18(3)24-30(27,28)19-9-11-22(29-4)21(15-19)23(26)25-12-6-5-7-13-25/h8-11,14-15,18,24H,5-7,12-13H2,1-4H3. The molecule has 1 saturated heterocycles. The Kier molecular flexibility index (Phi) is 6.83. The molecule has 0 aromatic heterocycles. The van der Waals surface area contributed by atoms with Gasteiger partial charge >= 0.3 is 0 Å². The average molecular weight is 431 g/mol. The van der Waals surface area contributed by atoms with Gasteiger partial charge in [0.05, 0.1) is 17.6 Å². The quantitative estimate of drug-likeness (QED) is 0.752. The van der Waals surface area contributed by atoms with E-state index in [0.717, 1.165) is 36.0 Å². The van der Waals surface area contributed by atoms with E-state index in [4.69, 9.17) is 4.74 Å². The number of benzene rings is 2. The second-order valence-electron chi connectivity index (χ2n) is 7.92. The molecule has 0 aliphatic carbocycles. The van der Waals surface area contributed by atoms with Crippen LogP contribution in [0.3, 0.4) is 0 Å². The number of aryl methyl sites for hydroxylation is 2. The van der Waals surface area contributed by atoms with E-state index < -0.39 is 16.1 Å². The van der Waals surface area contributed by atoms with Crippen molar-refractivity contribution in [1.29, 1.82) is 0 Å². The molecule has 1 unspecified atom stereocenters. The molecule has 0 spiro atoms. The third kappa shape index (κ3) is 4.84. The predicted octanol–water partition coefficient (Wildman–Crippen LogP) is 3.98. The number of nitrogens with zero attached hydrogens (tertiary/aromatic N) is 1. The van der Waals surface area contributed by atoms with Crippen molar-refractivity contribution in [3.05, 3.63) is 58.7 Å². The molecule has 1 N–H and O–H groups in total. The van der Waals surface area contributed by atoms with Crippen LogP contribution < -0.4 is 9.46 Å². The fourth-order valence-corrected chi connectivity index (χ4v) is 5.21. The first-order chi connectivity index (χ1) is 14.2. The lowest BCUT2D eigenvalue weighted by Crippen LogP contribution is -2.36. The lowest BCUT2D eigenvalue weighted by molar-refractivity contribution is 0.0720. The van der Waals surface area contributed by atoms with Crippen LogP contribution in [0, 0.1) is 13.8 Å². The summed E-state index contributed by atoms with van der Waals surface area (Å²) in [6, 6.07) is 9.98. The van der Waals surface area contributed by atoms with Crippen molar-refractivity contribution in [1.82, 2.24) is 9.62 Å². The minimum atomic E-state index is -3.82. The SMILES string of the molecule is COc1ccc(S(=O)(=O)NC(C)c2ccc(C)cc2C)cc1C(=O)N1CCCCC1. The van der Waals surface area contributed by atoms with Crippen LogP contribution in [0.5, 0.6) is 5.75 Å². The van der Waals surface area contributed by atoms with Crippen LogP contribution in [0.2, 0.25) is 0 Å².